The molecule has 0 amide bonds. The van der Waals surface area contributed by atoms with Crippen molar-refractivity contribution in [3.05, 3.63) is 52.8 Å². The second kappa shape index (κ2) is 9.60. The Balaban J connectivity index is 1.48. The molecule has 0 saturated carbocycles. The van der Waals surface area contributed by atoms with Crippen molar-refractivity contribution in [3.8, 4) is 5.75 Å². The Morgan fingerprint density at radius 2 is 1.67 bits per heavy atom. The minimum Gasteiger partial charge on any atom is -0.491 e. The Morgan fingerprint density at radius 1 is 0.909 bits per heavy atom. The number of H-pyrrole nitrogens is 1. The average molecular weight is 446 g/mol. The Hall–Kier alpha value is -2.79. The highest BCUT2D eigenvalue weighted by Gasteiger charge is 2.19. The predicted octanol–water partition coefficient (Wildman–Crippen LogP) is 5.94. The lowest BCUT2D eigenvalue weighted by atomic mass is 10.1. The number of benzene rings is 2. The van der Waals surface area contributed by atoms with Crippen LogP contribution >= 0.6 is 0 Å². The first kappa shape index (κ1) is 22.0. The third kappa shape index (κ3) is 4.39. The largest absolute Gasteiger partial charge is 0.491 e. The predicted molar refractivity (Wildman–Crippen MR) is 137 cm³/mol. The fourth-order valence-corrected chi connectivity index (χ4v) is 5.32. The van der Waals surface area contributed by atoms with Crippen LogP contribution in [-0.2, 0) is 6.54 Å². The number of unbranched alkanes of at least 4 members (excludes halogenated alkanes) is 1. The number of piperidine rings is 1. The number of pyridine rings is 1. The van der Waals surface area contributed by atoms with E-state index in [1.165, 1.54) is 45.3 Å². The van der Waals surface area contributed by atoms with Gasteiger partial charge in [0, 0.05) is 22.7 Å². The van der Waals surface area contributed by atoms with Gasteiger partial charge in [0.2, 0.25) is 0 Å². The molecule has 0 atom stereocenters. The summed E-state index contributed by atoms with van der Waals surface area (Å²) in [4.78, 5) is 18.6. The number of fused-ring (bicyclic) bond motifs is 5. The molecular formula is C28H35N3O2. The molecule has 174 valence electrons. The lowest BCUT2D eigenvalue weighted by Crippen LogP contribution is -2.30. The van der Waals surface area contributed by atoms with Crippen molar-refractivity contribution in [2.45, 2.75) is 52.5 Å². The first-order chi connectivity index (χ1) is 16.1. The lowest BCUT2D eigenvalue weighted by molar-refractivity contribution is 0.216. The highest BCUT2D eigenvalue weighted by molar-refractivity contribution is 6.16. The van der Waals surface area contributed by atoms with Gasteiger partial charge >= 0.3 is 0 Å². The summed E-state index contributed by atoms with van der Waals surface area (Å²) in [6, 6.07) is 14.1. The molecule has 0 bridgehead atoms. The third-order valence-electron chi connectivity index (χ3n) is 6.83. The van der Waals surface area contributed by atoms with E-state index in [4.69, 9.17) is 4.74 Å². The third-order valence-corrected chi connectivity index (χ3v) is 6.83. The van der Waals surface area contributed by atoms with Gasteiger partial charge in [-0.3, -0.25) is 4.79 Å². The van der Waals surface area contributed by atoms with Gasteiger partial charge < -0.3 is 19.2 Å². The van der Waals surface area contributed by atoms with Crippen LogP contribution < -0.4 is 10.3 Å². The summed E-state index contributed by atoms with van der Waals surface area (Å²) >= 11 is 0. The van der Waals surface area contributed by atoms with Gasteiger partial charge in [0.1, 0.15) is 5.75 Å². The molecule has 0 spiro atoms. The van der Waals surface area contributed by atoms with E-state index >= 15 is 0 Å². The minimum atomic E-state index is -0.0364. The molecule has 4 aromatic rings. The van der Waals surface area contributed by atoms with E-state index in [-0.39, 0.29) is 5.56 Å². The highest BCUT2D eigenvalue weighted by Crippen LogP contribution is 2.37. The molecule has 1 saturated heterocycles. The zero-order valence-corrected chi connectivity index (χ0v) is 19.9. The normalized spacial score (nSPS) is 15.2. The molecule has 3 heterocycles. The van der Waals surface area contributed by atoms with Crippen molar-refractivity contribution in [3.63, 3.8) is 0 Å². The molecule has 0 aliphatic carbocycles. The van der Waals surface area contributed by atoms with E-state index in [0.29, 0.717) is 12.5 Å². The summed E-state index contributed by atoms with van der Waals surface area (Å²) in [7, 11) is 0. The standard InChI is InChI=1S/C28H35N3O2/c1-20(2)19-31-26-23(25-27(31)21-11-4-5-12-22(21)28(32)29-25)13-10-14-24(26)33-18-9-8-17-30-15-6-3-7-16-30/h4-5,10-14,20H,3,6-9,15-19H2,1-2H3,(H,29,32). The van der Waals surface area contributed by atoms with Gasteiger partial charge in [0.05, 0.1) is 23.2 Å². The van der Waals surface area contributed by atoms with Crippen LogP contribution in [0.25, 0.3) is 32.7 Å². The van der Waals surface area contributed by atoms with Crippen LogP contribution in [0.2, 0.25) is 0 Å². The van der Waals surface area contributed by atoms with Crippen LogP contribution in [0.3, 0.4) is 0 Å². The molecule has 1 aliphatic heterocycles. The topological polar surface area (TPSA) is 50.3 Å². The number of hydrogen-bond acceptors (Lipinski definition) is 3. The molecule has 0 unspecified atom stereocenters. The molecular weight excluding hydrogens is 410 g/mol. The summed E-state index contributed by atoms with van der Waals surface area (Å²) in [5, 5.41) is 2.79. The molecule has 33 heavy (non-hydrogen) atoms. The zero-order chi connectivity index (χ0) is 22.8. The van der Waals surface area contributed by atoms with Gasteiger partial charge in [0.15, 0.2) is 0 Å². The Labute approximate surface area is 195 Å². The van der Waals surface area contributed by atoms with E-state index in [2.05, 4.69) is 46.5 Å². The van der Waals surface area contributed by atoms with E-state index < -0.39 is 0 Å². The van der Waals surface area contributed by atoms with Gasteiger partial charge in [-0.15, -0.1) is 0 Å². The number of likely N-dealkylation sites (tertiary alicyclic amines) is 1. The fraction of sp³-hybridized carbons (Fsp3) is 0.464. The molecule has 2 aromatic heterocycles. The Kier molecular flexibility index (Phi) is 6.41. The lowest BCUT2D eigenvalue weighted by Gasteiger charge is -2.26. The monoisotopic (exact) mass is 445 g/mol. The molecule has 1 fully saturated rings. The van der Waals surface area contributed by atoms with Gasteiger partial charge in [-0.05, 0) is 63.4 Å². The van der Waals surface area contributed by atoms with Gasteiger partial charge in [-0.1, -0.05) is 50.6 Å². The van der Waals surface area contributed by atoms with Crippen molar-refractivity contribution < 1.29 is 4.74 Å². The quantitative estimate of drug-likeness (QED) is 0.342. The van der Waals surface area contributed by atoms with Crippen molar-refractivity contribution in [2.24, 2.45) is 5.92 Å². The SMILES string of the molecule is CC(C)Cn1c2c(OCCCCN3CCCCC3)cccc2c2[nH]c(=O)c3ccccc3c21. The van der Waals surface area contributed by atoms with Crippen LogP contribution in [-0.4, -0.2) is 40.7 Å². The highest BCUT2D eigenvalue weighted by atomic mass is 16.5. The summed E-state index contributed by atoms with van der Waals surface area (Å²) in [6.45, 7) is 9.72. The number of ether oxygens (including phenoxy) is 1. The van der Waals surface area contributed by atoms with E-state index in [0.717, 1.165) is 51.4 Å². The van der Waals surface area contributed by atoms with Gasteiger partial charge in [0.25, 0.3) is 5.56 Å². The number of nitrogens with one attached hydrogen (secondary N) is 1. The molecule has 5 rings (SSSR count). The van der Waals surface area contributed by atoms with Gasteiger partial charge in [-0.25, -0.2) is 0 Å². The number of aromatic nitrogens is 2. The second-order valence-corrected chi connectivity index (χ2v) is 9.84. The summed E-state index contributed by atoms with van der Waals surface area (Å²) in [5.41, 5.74) is 3.05. The zero-order valence-electron chi connectivity index (χ0n) is 19.9. The smallest absolute Gasteiger partial charge is 0.256 e. The first-order valence-electron chi connectivity index (χ1n) is 12.5. The van der Waals surface area contributed by atoms with E-state index in [9.17, 15) is 4.79 Å². The van der Waals surface area contributed by atoms with Gasteiger partial charge in [-0.2, -0.15) is 0 Å². The molecule has 1 aliphatic rings. The maximum atomic E-state index is 12.8. The van der Waals surface area contributed by atoms with Crippen molar-refractivity contribution in [1.82, 2.24) is 14.5 Å². The number of para-hydroxylation sites is 1. The molecule has 2 aromatic carbocycles. The van der Waals surface area contributed by atoms with Crippen LogP contribution in [0.4, 0.5) is 0 Å². The molecule has 5 heteroatoms. The average Bonchev–Trinajstić information content (AvgIpc) is 3.13. The summed E-state index contributed by atoms with van der Waals surface area (Å²) < 4.78 is 8.73. The number of rotatable bonds is 8. The first-order valence-corrected chi connectivity index (χ1v) is 12.5. The van der Waals surface area contributed by atoms with Crippen LogP contribution in [0.5, 0.6) is 5.75 Å². The van der Waals surface area contributed by atoms with Crippen LogP contribution in [0, 0.1) is 5.92 Å². The van der Waals surface area contributed by atoms with Crippen LogP contribution in [0.15, 0.2) is 47.3 Å². The maximum Gasteiger partial charge on any atom is 0.256 e. The molecule has 5 nitrogen and oxygen atoms in total. The van der Waals surface area contributed by atoms with Crippen molar-refractivity contribution in [2.75, 3.05) is 26.2 Å². The summed E-state index contributed by atoms with van der Waals surface area (Å²) in [6.07, 6.45) is 6.29. The fourth-order valence-electron chi connectivity index (χ4n) is 5.32. The number of nitrogens with zero attached hydrogens (tertiary/aromatic N) is 2. The van der Waals surface area contributed by atoms with Crippen molar-refractivity contribution >= 4 is 32.7 Å². The van der Waals surface area contributed by atoms with Crippen molar-refractivity contribution in [1.29, 1.82) is 0 Å². The number of aromatic amines is 1. The van der Waals surface area contributed by atoms with E-state index in [1.807, 2.05) is 24.3 Å². The Morgan fingerprint density at radius 3 is 2.45 bits per heavy atom. The molecule has 0 radical (unpaired) electrons. The molecule has 1 N–H and O–H groups in total. The number of hydrogen-bond donors (Lipinski definition) is 1. The van der Waals surface area contributed by atoms with E-state index in [1.54, 1.807) is 0 Å². The second-order valence-electron chi connectivity index (χ2n) is 9.84. The maximum absolute atomic E-state index is 12.8. The van der Waals surface area contributed by atoms with Crippen LogP contribution in [0.1, 0.15) is 46.0 Å². The Bertz CT molecular complexity index is 1310. The summed E-state index contributed by atoms with van der Waals surface area (Å²) in [5.74, 6) is 1.37. The minimum absolute atomic E-state index is 0.0364.